The number of nitrogens with zero attached hydrogens (tertiary/aromatic N) is 1. The number of nitro groups is 1. The van der Waals surface area contributed by atoms with Crippen LogP contribution in [0.25, 0.3) is 0 Å². The fraction of sp³-hybridized carbons (Fsp3) is 0.308. The van der Waals surface area contributed by atoms with Crippen LogP contribution in [-0.4, -0.2) is 17.4 Å². The van der Waals surface area contributed by atoms with Crippen LogP contribution in [0.3, 0.4) is 0 Å². The number of hydrogen-bond acceptors (Lipinski definition) is 3. The van der Waals surface area contributed by atoms with Crippen molar-refractivity contribution in [2.75, 3.05) is 6.54 Å². The van der Waals surface area contributed by atoms with Gasteiger partial charge in [-0.2, -0.15) is 0 Å². The van der Waals surface area contributed by atoms with Crippen molar-refractivity contribution in [1.82, 2.24) is 5.32 Å². The molecule has 0 radical (unpaired) electrons. The molecule has 0 aliphatic rings. The monoisotopic (exact) mass is 264 g/mol. The van der Waals surface area contributed by atoms with Crippen LogP contribution in [0.4, 0.5) is 10.1 Å². The van der Waals surface area contributed by atoms with Gasteiger partial charge in [0, 0.05) is 25.1 Å². The van der Waals surface area contributed by atoms with Crippen LogP contribution in [0.1, 0.15) is 29.6 Å². The van der Waals surface area contributed by atoms with Crippen LogP contribution in [0.15, 0.2) is 18.2 Å². The Kier molecular flexibility index (Phi) is 5.48. The first-order valence-corrected chi connectivity index (χ1v) is 5.72. The molecule has 5 nitrogen and oxygen atoms in total. The Labute approximate surface area is 110 Å². The maximum atomic E-state index is 13.4. The van der Waals surface area contributed by atoms with Gasteiger partial charge in [-0.25, -0.2) is 4.39 Å². The summed E-state index contributed by atoms with van der Waals surface area (Å²) >= 11 is 0. The SMILES string of the molecule is C#CCCCCNC(=O)c1cc([N+](=O)[O-])ccc1F. The van der Waals surface area contributed by atoms with Crippen LogP contribution in [0.5, 0.6) is 0 Å². The average Bonchev–Trinajstić information content (AvgIpc) is 2.38. The molecule has 0 aromatic heterocycles. The van der Waals surface area contributed by atoms with Crippen molar-refractivity contribution in [2.45, 2.75) is 19.3 Å². The van der Waals surface area contributed by atoms with E-state index in [-0.39, 0.29) is 11.3 Å². The highest BCUT2D eigenvalue weighted by molar-refractivity contribution is 5.95. The van der Waals surface area contributed by atoms with E-state index in [9.17, 15) is 19.3 Å². The molecule has 19 heavy (non-hydrogen) atoms. The topological polar surface area (TPSA) is 72.2 Å². The zero-order valence-corrected chi connectivity index (χ0v) is 10.2. The molecule has 0 fully saturated rings. The molecule has 0 bridgehead atoms. The van der Waals surface area contributed by atoms with Crippen LogP contribution in [0.2, 0.25) is 0 Å². The number of carbonyl (C=O) groups excluding carboxylic acids is 1. The van der Waals surface area contributed by atoms with Crippen LogP contribution in [0, 0.1) is 28.3 Å². The minimum atomic E-state index is -0.785. The van der Waals surface area contributed by atoms with Gasteiger partial charge >= 0.3 is 0 Å². The van der Waals surface area contributed by atoms with Gasteiger partial charge in [-0.3, -0.25) is 14.9 Å². The molecule has 1 aromatic carbocycles. The number of nitrogens with one attached hydrogen (secondary N) is 1. The number of unbranched alkanes of at least 4 members (excludes halogenated alkanes) is 2. The zero-order valence-electron chi connectivity index (χ0n) is 10.2. The Morgan fingerprint density at radius 2 is 2.21 bits per heavy atom. The average molecular weight is 264 g/mol. The first kappa shape index (κ1) is 14.6. The third-order valence-electron chi connectivity index (χ3n) is 2.44. The van der Waals surface area contributed by atoms with Gasteiger partial charge in [0.25, 0.3) is 11.6 Å². The van der Waals surface area contributed by atoms with E-state index in [0.717, 1.165) is 24.6 Å². The van der Waals surface area contributed by atoms with Crippen molar-refractivity contribution in [1.29, 1.82) is 0 Å². The third kappa shape index (κ3) is 4.39. The largest absolute Gasteiger partial charge is 0.352 e. The summed E-state index contributed by atoms with van der Waals surface area (Å²) in [4.78, 5) is 21.5. The second kappa shape index (κ2) is 7.11. The molecule has 100 valence electrons. The number of amides is 1. The predicted octanol–water partition coefficient (Wildman–Crippen LogP) is 2.27. The smallest absolute Gasteiger partial charge is 0.270 e. The highest BCUT2D eigenvalue weighted by atomic mass is 19.1. The fourth-order valence-corrected chi connectivity index (χ4v) is 1.45. The van der Waals surface area contributed by atoms with Crippen molar-refractivity contribution < 1.29 is 14.1 Å². The Hall–Kier alpha value is -2.42. The van der Waals surface area contributed by atoms with E-state index in [1.165, 1.54) is 0 Å². The van der Waals surface area contributed by atoms with Crippen molar-refractivity contribution >= 4 is 11.6 Å². The molecule has 1 rings (SSSR count). The number of nitro benzene ring substituents is 1. The number of rotatable bonds is 6. The molecule has 0 aliphatic heterocycles. The van der Waals surface area contributed by atoms with Gasteiger partial charge in [-0.1, -0.05) is 0 Å². The van der Waals surface area contributed by atoms with E-state index < -0.39 is 16.6 Å². The molecule has 1 aromatic rings. The van der Waals surface area contributed by atoms with E-state index in [1.54, 1.807) is 0 Å². The molecule has 0 heterocycles. The third-order valence-corrected chi connectivity index (χ3v) is 2.44. The Bertz CT molecular complexity index is 523. The summed E-state index contributed by atoms with van der Waals surface area (Å²) in [6.07, 6.45) is 7.12. The van der Waals surface area contributed by atoms with E-state index in [1.807, 2.05) is 0 Å². The Morgan fingerprint density at radius 1 is 1.47 bits per heavy atom. The molecular formula is C13H13FN2O3. The van der Waals surface area contributed by atoms with E-state index in [4.69, 9.17) is 6.42 Å². The highest BCUT2D eigenvalue weighted by Gasteiger charge is 2.16. The molecule has 1 N–H and O–H groups in total. The lowest BCUT2D eigenvalue weighted by molar-refractivity contribution is -0.384. The van der Waals surface area contributed by atoms with Gasteiger partial charge in [0.05, 0.1) is 10.5 Å². The molecular weight excluding hydrogens is 251 g/mol. The van der Waals surface area contributed by atoms with Gasteiger partial charge in [0.2, 0.25) is 0 Å². The lowest BCUT2D eigenvalue weighted by atomic mass is 10.1. The normalized spacial score (nSPS) is 9.68. The number of carbonyl (C=O) groups is 1. The van der Waals surface area contributed by atoms with Gasteiger partial charge in [0.15, 0.2) is 0 Å². The Morgan fingerprint density at radius 3 is 2.84 bits per heavy atom. The Balaban J connectivity index is 2.64. The van der Waals surface area contributed by atoms with Crippen molar-refractivity contribution in [3.63, 3.8) is 0 Å². The van der Waals surface area contributed by atoms with Gasteiger partial charge in [-0.05, 0) is 18.9 Å². The van der Waals surface area contributed by atoms with Gasteiger partial charge in [0.1, 0.15) is 5.82 Å². The number of hydrogen-bond donors (Lipinski definition) is 1. The summed E-state index contributed by atoms with van der Waals surface area (Å²) in [6, 6.07) is 2.84. The van der Waals surface area contributed by atoms with E-state index in [0.29, 0.717) is 19.4 Å². The second-order valence-electron chi connectivity index (χ2n) is 3.84. The first-order valence-electron chi connectivity index (χ1n) is 5.72. The van der Waals surface area contributed by atoms with Crippen LogP contribution < -0.4 is 5.32 Å². The zero-order chi connectivity index (χ0) is 14.3. The maximum absolute atomic E-state index is 13.4. The molecule has 0 saturated heterocycles. The first-order chi connectivity index (χ1) is 9.06. The van der Waals surface area contributed by atoms with E-state index in [2.05, 4.69) is 11.2 Å². The number of benzene rings is 1. The van der Waals surface area contributed by atoms with Crippen molar-refractivity contribution in [2.24, 2.45) is 0 Å². The summed E-state index contributed by atoms with van der Waals surface area (Å²) in [5.41, 5.74) is -0.648. The number of halogens is 1. The minimum Gasteiger partial charge on any atom is -0.352 e. The predicted molar refractivity (Wildman–Crippen MR) is 68.1 cm³/mol. The quantitative estimate of drug-likeness (QED) is 0.371. The molecule has 0 aliphatic carbocycles. The molecule has 0 atom stereocenters. The second-order valence-corrected chi connectivity index (χ2v) is 3.84. The summed E-state index contributed by atoms with van der Waals surface area (Å²) in [5.74, 6) is 1.02. The van der Waals surface area contributed by atoms with Crippen LogP contribution in [-0.2, 0) is 0 Å². The summed E-state index contributed by atoms with van der Waals surface area (Å²) < 4.78 is 13.4. The van der Waals surface area contributed by atoms with Crippen molar-refractivity contribution in [3.8, 4) is 12.3 Å². The summed E-state index contributed by atoms with van der Waals surface area (Å²) in [6.45, 7) is 0.350. The summed E-state index contributed by atoms with van der Waals surface area (Å²) in [5, 5.41) is 13.0. The fourth-order valence-electron chi connectivity index (χ4n) is 1.45. The molecule has 6 heteroatoms. The molecule has 0 saturated carbocycles. The lowest BCUT2D eigenvalue weighted by Gasteiger charge is -2.05. The molecule has 1 amide bonds. The molecule has 0 spiro atoms. The van der Waals surface area contributed by atoms with Gasteiger partial charge in [-0.15, -0.1) is 12.3 Å². The van der Waals surface area contributed by atoms with Crippen molar-refractivity contribution in [3.05, 3.63) is 39.7 Å². The molecule has 0 unspecified atom stereocenters. The lowest BCUT2D eigenvalue weighted by Crippen LogP contribution is -2.25. The van der Waals surface area contributed by atoms with Gasteiger partial charge < -0.3 is 5.32 Å². The maximum Gasteiger partial charge on any atom is 0.270 e. The number of terminal acetylenes is 1. The van der Waals surface area contributed by atoms with Crippen LogP contribution >= 0.6 is 0 Å². The summed E-state index contributed by atoms with van der Waals surface area (Å²) in [7, 11) is 0. The standard InChI is InChI=1S/C13H13FN2O3/c1-2-3-4-5-8-15-13(17)11-9-10(16(18)19)6-7-12(11)14/h1,6-7,9H,3-5,8H2,(H,15,17). The van der Waals surface area contributed by atoms with E-state index >= 15 is 0 Å². The minimum absolute atomic E-state index is 0.320. The number of non-ortho nitro benzene ring substituents is 1. The highest BCUT2D eigenvalue weighted by Crippen LogP contribution is 2.16.